The van der Waals surface area contributed by atoms with E-state index >= 15 is 0 Å². The number of amides is 1. The van der Waals surface area contributed by atoms with Crippen LogP contribution >= 0.6 is 11.3 Å². The maximum atomic E-state index is 11.6. The molecule has 1 amide bonds. The quantitative estimate of drug-likeness (QED) is 0.723. The number of hydrogen-bond acceptors (Lipinski definition) is 4. The molecule has 0 saturated heterocycles. The summed E-state index contributed by atoms with van der Waals surface area (Å²) >= 11 is 1.88. The maximum Gasteiger partial charge on any atom is 0.233 e. The summed E-state index contributed by atoms with van der Waals surface area (Å²) in [6.45, 7) is 2.22. The van der Waals surface area contributed by atoms with Crippen LogP contribution in [0.5, 0.6) is 0 Å². The normalized spacial score (nSPS) is 17.5. The summed E-state index contributed by atoms with van der Waals surface area (Å²) in [6.07, 6.45) is 9.62. The smallest absolute Gasteiger partial charge is 0.233 e. The van der Waals surface area contributed by atoms with Gasteiger partial charge in [-0.2, -0.15) is 0 Å². The zero-order chi connectivity index (χ0) is 14.5. The minimum atomic E-state index is 0.120. The highest BCUT2D eigenvalue weighted by molar-refractivity contribution is 7.11. The Bertz CT molecular complexity index is 458. The van der Waals surface area contributed by atoms with E-state index in [2.05, 4.69) is 10.6 Å². The predicted octanol–water partition coefficient (Wildman–Crippen LogP) is 2.07. The van der Waals surface area contributed by atoms with Crippen LogP contribution in [0, 0.1) is 5.92 Å². The van der Waals surface area contributed by atoms with Crippen molar-refractivity contribution in [3.63, 3.8) is 0 Å². The summed E-state index contributed by atoms with van der Waals surface area (Å²) in [5, 5.41) is 7.45. The fraction of sp³-hybridized carbons (Fsp3) is 0.750. The molecule has 0 aromatic carbocycles. The van der Waals surface area contributed by atoms with Crippen LogP contribution in [0.2, 0.25) is 0 Å². The van der Waals surface area contributed by atoms with E-state index in [1.807, 2.05) is 11.3 Å². The molecule has 1 saturated carbocycles. The number of carbonyl (C=O) groups is 1. The molecule has 0 radical (unpaired) electrons. The van der Waals surface area contributed by atoms with Crippen LogP contribution in [0.1, 0.15) is 47.7 Å². The third-order valence-electron chi connectivity index (χ3n) is 4.20. The fourth-order valence-corrected chi connectivity index (χ4v) is 3.95. The molecule has 0 bridgehead atoms. The van der Waals surface area contributed by atoms with Crippen LogP contribution in [0.15, 0.2) is 0 Å². The Morgan fingerprint density at radius 3 is 2.95 bits per heavy atom. The van der Waals surface area contributed by atoms with Crippen molar-refractivity contribution in [2.75, 3.05) is 19.6 Å². The maximum absolute atomic E-state index is 11.6. The number of carbonyl (C=O) groups excluding carboxylic acids is 1. The van der Waals surface area contributed by atoms with Crippen molar-refractivity contribution in [1.82, 2.24) is 15.6 Å². The van der Waals surface area contributed by atoms with Crippen molar-refractivity contribution in [1.29, 1.82) is 0 Å². The average molecular weight is 307 g/mol. The highest BCUT2D eigenvalue weighted by atomic mass is 32.1. The first-order valence-corrected chi connectivity index (χ1v) is 9.08. The lowest BCUT2D eigenvalue weighted by Gasteiger charge is -2.06. The molecule has 5 heteroatoms. The number of aryl methyl sites for hydroxylation is 3. The Balaban J connectivity index is 1.28. The van der Waals surface area contributed by atoms with E-state index in [1.54, 1.807) is 0 Å². The summed E-state index contributed by atoms with van der Waals surface area (Å²) in [5.41, 5.74) is 1.34. The van der Waals surface area contributed by atoms with Gasteiger partial charge in [0.05, 0.1) is 17.2 Å². The van der Waals surface area contributed by atoms with Crippen molar-refractivity contribution in [2.45, 2.75) is 51.4 Å². The molecule has 1 aromatic rings. The second kappa shape index (κ2) is 7.36. The monoisotopic (exact) mass is 307 g/mol. The summed E-state index contributed by atoms with van der Waals surface area (Å²) in [4.78, 5) is 17.9. The van der Waals surface area contributed by atoms with Crippen molar-refractivity contribution in [3.05, 3.63) is 15.6 Å². The molecular weight excluding hydrogens is 282 g/mol. The van der Waals surface area contributed by atoms with E-state index in [1.165, 1.54) is 47.7 Å². The average Bonchev–Trinajstić information content (AvgIpc) is 3.21. The lowest BCUT2D eigenvalue weighted by Crippen LogP contribution is -2.35. The molecular formula is C16H25N3OS. The number of rotatable bonds is 8. The van der Waals surface area contributed by atoms with Crippen molar-refractivity contribution < 1.29 is 4.79 Å². The molecule has 0 spiro atoms. The summed E-state index contributed by atoms with van der Waals surface area (Å²) in [7, 11) is 0. The summed E-state index contributed by atoms with van der Waals surface area (Å²) < 4.78 is 0. The second-order valence-electron chi connectivity index (χ2n) is 6.21. The molecule has 116 valence electrons. The molecule has 2 N–H and O–H groups in total. The van der Waals surface area contributed by atoms with Gasteiger partial charge in [0.25, 0.3) is 0 Å². The van der Waals surface area contributed by atoms with E-state index in [-0.39, 0.29) is 5.91 Å². The number of nitrogens with zero attached hydrogens (tertiary/aromatic N) is 1. The first-order chi connectivity index (χ1) is 10.3. The topological polar surface area (TPSA) is 54.0 Å². The first-order valence-electron chi connectivity index (χ1n) is 8.26. The highest BCUT2D eigenvalue weighted by Crippen LogP contribution is 2.27. The summed E-state index contributed by atoms with van der Waals surface area (Å²) in [6, 6.07) is 0. The minimum Gasteiger partial charge on any atom is -0.355 e. The highest BCUT2D eigenvalue weighted by Gasteiger charge is 2.20. The van der Waals surface area contributed by atoms with Gasteiger partial charge in [-0.1, -0.05) is 0 Å². The van der Waals surface area contributed by atoms with Crippen molar-refractivity contribution in [3.8, 4) is 0 Å². The molecule has 1 fully saturated rings. The van der Waals surface area contributed by atoms with Gasteiger partial charge in [0.2, 0.25) is 5.91 Å². The summed E-state index contributed by atoms with van der Waals surface area (Å²) in [5.74, 6) is 0.947. The molecule has 21 heavy (non-hydrogen) atoms. The number of nitrogens with one attached hydrogen (secondary N) is 2. The first kappa shape index (κ1) is 15.0. The minimum absolute atomic E-state index is 0.120. The lowest BCUT2D eigenvalue weighted by molar-refractivity contribution is -0.120. The molecule has 0 unspecified atom stereocenters. The van der Waals surface area contributed by atoms with Gasteiger partial charge in [-0.15, -0.1) is 11.3 Å². The standard InChI is InChI=1S/C16H25N3OS/c20-15(11-17-10-12-7-8-12)18-9-3-6-16-19-13-4-1-2-5-14(13)21-16/h12,17H,1-11H2,(H,18,20). The van der Waals surface area contributed by atoms with Gasteiger partial charge in [-0.05, 0) is 57.4 Å². The van der Waals surface area contributed by atoms with E-state index in [4.69, 9.17) is 4.98 Å². The van der Waals surface area contributed by atoms with Gasteiger partial charge >= 0.3 is 0 Å². The van der Waals surface area contributed by atoms with Gasteiger partial charge in [0, 0.05) is 17.8 Å². The molecule has 0 atom stereocenters. The van der Waals surface area contributed by atoms with E-state index in [9.17, 15) is 4.79 Å². The Kier molecular flexibility index (Phi) is 5.25. The number of fused-ring (bicyclic) bond motifs is 1. The van der Waals surface area contributed by atoms with Gasteiger partial charge in [-0.3, -0.25) is 4.79 Å². The Morgan fingerprint density at radius 2 is 2.14 bits per heavy atom. The van der Waals surface area contributed by atoms with Gasteiger partial charge < -0.3 is 10.6 Å². The van der Waals surface area contributed by atoms with Crippen LogP contribution in [0.3, 0.4) is 0 Å². The van der Waals surface area contributed by atoms with Crippen molar-refractivity contribution in [2.24, 2.45) is 5.92 Å². The molecule has 4 nitrogen and oxygen atoms in total. The third kappa shape index (κ3) is 4.78. The second-order valence-corrected chi connectivity index (χ2v) is 7.38. The van der Waals surface area contributed by atoms with Crippen molar-refractivity contribution >= 4 is 17.2 Å². The molecule has 1 aromatic heterocycles. The van der Waals surface area contributed by atoms with Crippen LogP contribution < -0.4 is 10.6 Å². The third-order valence-corrected chi connectivity index (χ3v) is 5.41. The molecule has 3 rings (SSSR count). The van der Waals surface area contributed by atoms with E-state index in [0.29, 0.717) is 6.54 Å². The van der Waals surface area contributed by atoms with E-state index in [0.717, 1.165) is 38.3 Å². The SMILES string of the molecule is O=C(CNCC1CC1)NCCCc1nc2c(s1)CCCC2. The Labute approximate surface area is 130 Å². The number of aromatic nitrogens is 1. The van der Waals surface area contributed by atoms with Gasteiger partial charge in [0.1, 0.15) is 0 Å². The fourth-order valence-electron chi connectivity index (χ4n) is 2.75. The zero-order valence-electron chi connectivity index (χ0n) is 12.6. The van der Waals surface area contributed by atoms with Crippen LogP contribution in [-0.4, -0.2) is 30.5 Å². The Morgan fingerprint density at radius 1 is 1.29 bits per heavy atom. The molecule has 0 aliphatic heterocycles. The van der Waals surface area contributed by atoms with E-state index < -0.39 is 0 Å². The largest absolute Gasteiger partial charge is 0.355 e. The number of thiazole rings is 1. The Hall–Kier alpha value is -0.940. The number of hydrogen-bond donors (Lipinski definition) is 2. The van der Waals surface area contributed by atoms with Crippen LogP contribution in [0.25, 0.3) is 0 Å². The molecule has 2 aliphatic rings. The van der Waals surface area contributed by atoms with Gasteiger partial charge in [-0.25, -0.2) is 4.98 Å². The zero-order valence-corrected chi connectivity index (χ0v) is 13.4. The van der Waals surface area contributed by atoms with Crippen LogP contribution in [-0.2, 0) is 24.1 Å². The molecule has 1 heterocycles. The van der Waals surface area contributed by atoms with Crippen LogP contribution in [0.4, 0.5) is 0 Å². The molecule has 2 aliphatic carbocycles. The lowest BCUT2D eigenvalue weighted by atomic mass is 10.0. The predicted molar refractivity (Wildman–Crippen MR) is 85.7 cm³/mol. The van der Waals surface area contributed by atoms with Gasteiger partial charge in [0.15, 0.2) is 0 Å².